The van der Waals surface area contributed by atoms with E-state index in [1.807, 2.05) is 19.9 Å². The molecule has 1 aromatic carbocycles. The molecule has 0 heterocycles. The summed E-state index contributed by atoms with van der Waals surface area (Å²) in [4.78, 5) is 12.0. The summed E-state index contributed by atoms with van der Waals surface area (Å²) in [5.41, 5.74) is 2.40. The molecule has 0 unspecified atom stereocenters. The maximum Gasteiger partial charge on any atom is 0.251 e. The lowest BCUT2D eigenvalue weighted by Gasteiger charge is -2.12. The van der Waals surface area contributed by atoms with E-state index in [0.29, 0.717) is 5.56 Å². The second-order valence-corrected chi connectivity index (χ2v) is 5.00. The van der Waals surface area contributed by atoms with Gasteiger partial charge in [0.05, 0.1) is 0 Å². The van der Waals surface area contributed by atoms with Gasteiger partial charge in [-0.25, -0.2) is 0 Å². The maximum absolute atomic E-state index is 12.0. The zero-order valence-electron chi connectivity index (χ0n) is 10.7. The monoisotopic (exact) mass is 243 g/mol. The minimum atomic E-state index is -0.173. The third-order valence-corrected chi connectivity index (χ3v) is 3.22. The molecule has 1 aliphatic carbocycles. The van der Waals surface area contributed by atoms with Crippen molar-refractivity contribution in [3.8, 4) is 11.8 Å². The standard InChI is InChI=1S/C15H17NO2/c1-11-5-6-13(10-12(11)4-3-9-17)14(18)16-15(2)7-8-15/h5-6,10,17H,7-9H2,1-2H3,(H,16,18). The van der Waals surface area contributed by atoms with E-state index in [4.69, 9.17) is 5.11 Å². The van der Waals surface area contributed by atoms with Crippen molar-refractivity contribution < 1.29 is 9.90 Å². The van der Waals surface area contributed by atoms with Crippen LogP contribution in [-0.2, 0) is 0 Å². The van der Waals surface area contributed by atoms with E-state index in [0.717, 1.165) is 24.0 Å². The SMILES string of the molecule is Cc1ccc(C(=O)NC2(C)CC2)cc1C#CCO. The van der Waals surface area contributed by atoms with Crippen molar-refractivity contribution in [1.82, 2.24) is 5.32 Å². The van der Waals surface area contributed by atoms with Crippen LogP contribution in [-0.4, -0.2) is 23.2 Å². The highest BCUT2D eigenvalue weighted by atomic mass is 16.2. The van der Waals surface area contributed by atoms with Gasteiger partial charge in [-0.1, -0.05) is 17.9 Å². The molecule has 1 saturated carbocycles. The number of rotatable bonds is 2. The van der Waals surface area contributed by atoms with Gasteiger partial charge in [0.2, 0.25) is 0 Å². The van der Waals surface area contributed by atoms with Crippen LogP contribution in [0.4, 0.5) is 0 Å². The van der Waals surface area contributed by atoms with Crippen LogP contribution in [0.25, 0.3) is 0 Å². The smallest absolute Gasteiger partial charge is 0.251 e. The lowest BCUT2D eigenvalue weighted by Crippen LogP contribution is -2.34. The van der Waals surface area contributed by atoms with Gasteiger partial charge in [-0.3, -0.25) is 4.79 Å². The number of hydrogen-bond donors (Lipinski definition) is 2. The first-order valence-corrected chi connectivity index (χ1v) is 6.07. The van der Waals surface area contributed by atoms with E-state index < -0.39 is 0 Å². The highest BCUT2D eigenvalue weighted by Crippen LogP contribution is 2.34. The number of aliphatic hydroxyl groups excluding tert-OH is 1. The highest BCUT2D eigenvalue weighted by Gasteiger charge is 2.38. The Morgan fingerprint density at radius 2 is 2.22 bits per heavy atom. The average Bonchev–Trinajstić information content (AvgIpc) is 3.05. The summed E-state index contributed by atoms with van der Waals surface area (Å²) in [6, 6.07) is 5.46. The van der Waals surface area contributed by atoms with Gasteiger partial charge in [0.25, 0.3) is 5.91 Å². The van der Waals surface area contributed by atoms with Gasteiger partial charge in [0.1, 0.15) is 6.61 Å². The number of aryl methyl sites for hydroxylation is 1. The van der Waals surface area contributed by atoms with Gasteiger partial charge >= 0.3 is 0 Å². The second-order valence-electron chi connectivity index (χ2n) is 5.00. The molecule has 3 heteroatoms. The fraction of sp³-hybridized carbons (Fsp3) is 0.400. The molecule has 0 bridgehead atoms. The van der Waals surface area contributed by atoms with Crippen LogP contribution in [0.15, 0.2) is 18.2 Å². The molecule has 1 amide bonds. The number of aliphatic hydroxyl groups is 1. The Hall–Kier alpha value is -1.79. The van der Waals surface area contributed by atoms with Gasteiger partial charge < -0.3 is 10.4 Å². The number of carbonyl (C=O) groups is 1. The Kier molecular flexibility index (Phi) is 3.40. The van der Waals surface area contributed by atoms with Crippen molar-refractivity contribution in [3.63, 3.8) is 0 Å². The fourth-order valence-corrected chi connectivity index (χ4v) is 1.69. The normalized spacial score (nSPS) is 15.5. The summed E-state index contributed by atoms with van der Waals surface area (Å²) in [5.74, 6) is 5.41. The summed E-state index contributed by atoms with van der Waals surface area (Å²) >= 11 is 0. The third-order valence-electron chi connectivity index (χ3n) is 3.22. The first-order chi connectivity index (χ1) is 8.54. The van der Waals surface area contributed by atoms with Crippen LogP contribution in [0.5, 0.6) is 0 Å². The van der Waals surface area contributed by atoms with Crippen molar-refractivity contribution >= 4 is 5.91 Å². The molecular weight excluding hydrogens is 226 g/mol. The molecule has 0 atom stereocenters. The average molecular weight is 243 g/mol. The number of amides is 1. The van der Waals surface area contributed by atoms with Crippen molar-refractivity contribution in [1.29, 1.82) is 0 Å². The van der Waals surface area contributed by atoms with E-state index in [2.05, 4.69) is 17.2 Å². The zero-order valence-corrected chi connectivity index (χ0v) is 10.7. The van der Waals surface area contributed by atoms with Crippen molar-refractivity contribution in [2.75, 3.05) is 6.61 Å². The van der Waals surface area contributed by atoms with Crippen LogP contribution in [0.3, 0.4) is 0 Å². The highest BCUT2D eigenvalue weighted by molar-refractivity contribution is 5.95. The molecule has 18 heavy (non-hydrogen) atoms. The molecule has 94 valence electrons. The molecule has 3 nitrogen and oxygen atoms in total. The number of hydrogen-bond acceptors (Lipinski definition) is 2. The first-order valence-electron chi connectivity index (χ1n) is 6.07. The van der Waals surface area contributed by atoms with Gasteiger partial charge in [-0.05, 0) is 44.4 Å². The van der Waals surface area contributed by atoms with Gasteiger partial charge in [0.15, 0.2) is 0 Å². The van der Waals surface area contributed by atoms with Crippen molar-refractivity contribution in [3.05, 3.63) is 34.9 Å². The largest absolute Gasteiger partial charge is 0.384 e. The van der Waals surface area contributed by atoms with Gasteiger partial charge in [0, 0.05) is 16.7 Å². The Morgan fingerprint density at radius 1 is 1.50 bits per heavy atom. The number of carbonyl (C=O) groups excluding carboxylic acids is 1. The van der Waals surface area contributed by atoms with Gasteiger partial charge in [-0.2, -0.15) is 0 Å². The molecule has 2 rings (SSSR count). The molecule has 0 aromatic heterocycles. The predicted molar refractivity (Wildman–Crippen MR) is 70.2 cm³/mol. The number of benzene rings is 1. The predicted octanol–water partition coefficient (Wildman–Crippen LogP) is 1.62. The Labute approximate surface area is 107 Å². The molecule has 2 N–H and O–H groups in total. The fourth-order valence-electron chi connectivity index (χ4n) is 1.69. The Morgan fingerprint density at radius 3 is 2.83 bits per heavy atom. The van der Waals surface area contributed by atoms with E-state index >= 15 is 0 Å². The molecule has 1 aliphatic rings. The summed E-state index contributed by atoms with van der Waals surface area (Å²) in [6.07, 6.45) is 2.09. The molecule has 0 aliphatic heterocycles. The molecule has 0 radical (unpaired) electrons. The van der Waals surface area contributed by atoms with Crippen LogP contribution in [0.2, 0.25) is 0 Å². The summed E-state index contributed by atoms with van der Waals surface area (Å²) < 4.78 is 0. The molecular formula is C15H17NO2. The maximum atomic E-state index is 12.0. The molecule has 1 aromatic rings. The summed E-state index contributed by atoms with van der Waals surface area (Å²) in [5, 5.41) is 11.7. The molecule has 0 spiro atoms. The summed E-state index contributed by atoms with van der Waals surface area (Å²) in [7, 11) is 0. The van der Waals surface area contributed by atoms with Crippen LogP contribution >= 0.6 is 0 Å². The van der Waals surface area contributed by atoms with Crippen molar-refractivity contribution in [2.24, 2.45) is 0 Å². The van der Waals surface area contributed by atoms with E-state index in [-0.39, 0.29) is 18.1 Å². The lowest BCUT2D eigenvalue weighted by atomic mass is 10.0. The van der Waals surface area contributed by atoms with Crippen molar-refractivity contribution in [2.45, 2.75) is 32.2 Å². The van der Waals surface area contributed by atoms with Crippen LogP contribution in [0, 0.1) is 18.8 Å². The van der Waals surface area contributed by atoms with E-state index in [1.165, 1.54) is 0 Å². The molecule has 0 saturated heterocycles. The van der Waals surface area contributed by atoms with Crippen LogP contribution in [0.1, 0.15) is 41.3 Å². The van der Waals surface area contributed by atoms with Gasteiger partial charge in [-0.15, -0.1) is 0 Å². The first kappa shape index (κ1) is 12.7. The minimum absolute atomic E-state index is 0.0150. The van der Waals surface area contributed by atoms with E-state index in [9.17, 15) is 4.79 Å². The molecule has 1 fully saturated rings. The topological polar surface area (TPSA) is 49.3 Å². The summed E-state index contributed by atoms with van der Waals surface area (Å²) in [6.45, 7) is 3.81. The second kappa shape index (κ2) is 4.83. The quantitative estimate of drug-likeness (QED) is 0.775. The van der Waals surface area contributed by atoms with E-state index in [1.54, 1.807) is 12.1 Å². The zero-order chi connectivity index (χ0) is 13.2. The van der Waals surface area contributed by atoms with Crippen LogP contribution < -0.4 is 5.32 Å². The number of nitrogens with one attached hydrogen (secondary N) is 1. The Balaban J connectivity index is 2.20. The lowest BCUT2D eigenvalue weighted by molar-refractivity contribution is 0.0935. The minimum Gasteiger partial charge on any atom is -0.384 e. The Bertz CT molecular complexity index is 533. The third kappa shape index (κ3) is 2.91.